The van der Waals surface area contributed by atoms with Crippen molar-refractivity contribution in [3.63, 3.8) is 0 Å². The van der Waals surface area contributed by atoms with Crippen molar-refractivity contribution in [2.75, 3.05) is 20.2 Å². The van der Waals surface area contributed by atoms with Gasteiger partial charge in [0.2, 0.25) is 0 Å². The highest BCUT2D eigenvalue weighted by molar-refractivity contribution is 6.33. The zero-order valence-electron chi connectivity index (χ0n) is 19.3. The van der Waals surface area contributed by atoms with Crippen LogP contribution in [0.15, 0.2) is 34.9 Å². The largest absolute Gasteiger partial charge is 0.416 e. The molecule has 0 N–H and O–H groups in total. The number of aryl methyl sites for hydroxylation is 2. The van der Waals surface area contributed by atoms with Gasteiger partial charge in [0, 0.05) is 49.7 Å². The molecule has 1 fully saturated rings. The first kappa shape index (κ1) is 25.1. The molecule has 2 aliphatic rings. The van der Waals surface area contributed by atoms with Gasteiger partial charge in [0.05, 0.1) is 28.1 Å². The van der Waals surface area contributed by atoms with Gasteiger partial charge in [0.25, 0.3) is 5.91 Å². The number of imidazole rings is 1. The van der Waals surface area contributed by atoms with E-state index in [1.165, 1.54) is 0 Å². The summed E-state index contributed by atoms with van der Waals surface area (Å²) in [7, 11) is 3.30. The van der Waals surface area contributed by atoms with Crippen molar-refractivity contribution in [2.24, 2.45) is 12.5 Å². The molecule has 5 nitrogen and oxygen atoms in total. The standard InChI is InChI=1S/C24H26Cl2F3N3O2/c1-13-9-14(24(27,28)29)10-17-20(13)30-19(31(17)3)11-23(2)18(25)6-5-16(21(23)26)22(33)32-8-7-15(12-32)34-4/h5-6,9-10,15,21H,7-8,11-12H2,1-4H3. The molecule has 4 rings (SSSR count). The van der Waals surface area contributed by atoms with Crippen LogP contribution in [0.2, 0.25) is 0 Å². The molecule has 10 heteroatoms. The van der Waals surface area contributed by atoms with E-state index in [9.17, 15) is 18.0 Å². The average molecular weight is 516 g/mol. The maximum Gasteiger partial charge on any atom is 0.416 e. The van der Waals surface area contributed by atoms with Crippen molar-refractivity contribution in [1.29, 1.82) is 0 Å². The summed E-state index contributed by atoms with van der Waals surface area (Å²) >= 11 is 13.5. The monoisotopic (exact) mass is 515 g/mol. The van der Waals surface area contributed by atoms with Gasteiger partial charge >= 0.3 is 6.18 Å². The predicted molar refractivity (Wildman–Crippen MR) is 126 cm³/mol. The van der Waals surface area contributed by atoms with Gasteiger partial charge in [-0.15, -0.1) is 11.6 Å². The van der Waals surface area contributed by atoms with Crippen LogP contribution in [0.3, 0.4) is 0 Å². The number of fused-ring (bicyclic) bond motifs is 1. The molecule has 1 saturated heterocycles. The molecule has 0 spiro atoms. The molecule has 2 heterocycles. The number of carbonyl (C=O) groups excluding carboxylic acids is 1. The van der Waals surface area contributed by atoms with E-state index >= 15 is 0 Å². The fourth-order valence-electron chi connectivity index (χ4n) is 4.70. The molecular weight excluding hydrogens is 490 g/mol. The Kier molecular flexibility index (Phi) is 6.55. The lowest BCUT2D eigenvalue weighted by atomic mass is 9.76. The fourth-order valence-corrected chi connectivity index (χ4v) is 5.35. The summed E-state index contributed by atoms with van der Waals surface area (Å²) in [5.74, 6) is 0.369. The summed E-state index contributed by atoms with van der Waals surface area (Å²) in [6.07, 6.45) is -0.129. The zero-order valence-corrected chi connectivity index (χ0v) is 20.9. The third-order valence-corrected chi connectivity index (χ3v) is 8.20. The Morgan fingerprint density at radius 3 is 2.65 bits per heavy atom. The quantitative estimate of drug-likeness (QED) is 0.514. The molecule has 1 amide bonds. The minimum atomic E-state index is -4.45. The van der Waals surface area contributed by atoms with Crippen molar-refractivity contribution >= 4 is 40.1 Å². The summed E-state index contributed by atoms with van der Waals surface area (Å²) in [6.45, 7) is 4.53. The number of nitrogens with zero attached hydrogens (tertiary/aromatic N) is 3. The molecule has 3 atom stereocenters. The van der Waals surface area contributed by atoms with Gasteiger partial charge in [-0.3, -0.25) is 4.79 Å². The number of allylic oxidation sites excluding steroid dienone is 3. The summed E-state index contributed by atoms with van der Waals surface area (Å²) in [6, 6.07) is 2.20. The van der Waals surface area contributed by atoms with E-state index in [1.807, 2.05) is 6.92 Å². The van der Waals surface area contributed by atoms with E-state index in [0.29, 0.717) is 46.1 Å². The van der Waals surface area contributed by atoms with Gasteiger partial charge in [-0.05, 0) is 37.1 Å². The number of benzene rings is 1. The van der Waals surface area contributed by atoms with Crippen molar-refractivity contribution in [3.8, 4) is 0 Å². The first-order valence-corrected chi connectivity index (χ1v) is 11.8. The lowest BCUT2D eigenvalue weighted by Gasteiger charge is -2.37. The van der Waals surface area contributed by atoms with Crippen LogP contribution >= 0.6 is 23.2 Å². The maximum absolute atomic E-state index is 13.3. The molecule has 1 aromatic carbocycles. The van der Waals surface area contributed by atoms with Gasteiger partial charge in [0.15, 0.2) is 0 Å². The van der Waals surface area contributed by atoms with E-state index in [2.05, 4.69) is 4.98 Å². The minimum absolute atomic E-state index is 0.00254. The minimum Gasteiger partial charge on any atom is -0.380 e. The van der Waals surface area contributed by atoms with Crippen LogP contribution in [0, 0.1) is 12.3 Å². The van der Waals surface area contributed by atoms with Gasteiger partial charge in [0.1, 0.15) is 5.82 Å². The van der Waals surface area contributed by atoms with E-state index in [4.69, 9.17) is 27.9 Å². The molecule has 2 aromatic rings. The number of halogens is 5. The average Bonchev–Trinajstić information content (AvgIpc) is 3.37. The molecule has 3 unspecified atom stereocenters. The molecule has 1 aliphatic carbocycles. The molecule has 0 saturated carbocycles. The molecule has 1 aromatic heterocycles. The van der Waals surface area contributed by atoms with Crippen LogP contribution in [0.4, 0.5) is 13.2 Å². The third-order valence-electron chi connectivity index (χ3n) is 6.92. The zero-order chi connectivity index (χ0) is 25.0. The van der Waals surface area contributed by atoms with Crippen molar-refractivity contribution in [3.05, 3.63) is 51.8 Å². The Bertz CT molecular complexity index is 1200. The second-order valence-electron chi connectivity index (χ2n) is 9.24. The van der Waals surface area contributed by atoms with Gasteiger partial charge in [-0.25, -0.2) is 4.98 Å². The van der Waals surface area contributed by atoms with Gasteiger partial charge < -0.3 is 14.2 Å². The number of aromatic nitrogens is 2. The van der Waals surface area contributed by atoms with Crippen LogP contribution in [0.25, 0.3) is 11.0 Å². The second-order valence-corrected chi connectivity index (χ2v) is 10.1. The summed E-state index contributed by atoms with van der Waals surface area (Å²) < 4.78 is 47.0. The number of methoxy groups -OCH3 is 1. The molecule has 0 bridgehead atoms. The molecule has 0 radical (unpaired) electrons. The Morgan fingerprint density at radius 1 is 1.32 bits per heavy atom. The number of alkyl halides is 4. The van der Waals surface area contributed by atoms with E-state index in [0.717, 1.165) is 18.6 Å². The fraction of sp³-hybridized carbons (Fsp3) is 0.500. The highest BCUT2D eigenvalue weighted by atomic mass is 35.5. The Balaban J connectivity index is 1.66. The molecular formula is C24H26Cl2F3N3O2. The number of hydrogen-bond acceptors (Lipinski definition) is 3. The summed E-state index contributed by atoms with van der Waals surface area (Å²) in [5, 5.41) is -0.286. The smallest absolute Gasteiger partial charge is 0.380 e. The maximum atomic E-state index is 13.3. The van der Waals surface area contributed by atoms with Crippen molar-refractivity contribution in [2.45, 2.75) is 44.3 Å². The van der Waals surface area contributed by atoms with E-state index in [-0.39, 0.29) is 18.4 Å². The Hall–Kier alpha value is -2.03. The first-order chi connectivity index (χ1) is 15.9. The molecule has 1 aliphatic heterocycles. The number of likely N-dealkylation sites (tertiary alicyclic amines) is 1. The number of hydrogen-bond donors (Lipinski definition) is 0. The van der Waals surface area contributed by atoms with Gasteiger partial charge in [-0.1, -0.05) is 24.6 Å². The van der Waals surface area contributed by atoms with Crippen LogP contribution in [0.5, 0.6) is 0 Å². The van der Waals surface area contributed by atoms with Crippen LogP contribution < -0.4 is 0 Å². The highest BCUT2D eigenvalue weighted by Gasteiger charge is 2.45. The predicted octanol–water partition coefficient (Wildman–Crippen LogP) is 5.37. The van der Waals surface area contributed by atoms with E-state index in [1.54, 1.807) is 42.7 Å². The van der Waals surface area contributed by atoms with E-state index < -0.39 is 22.5 Å². The molecule has 184 valence electrons. The molecule has 34 heavy (non-hydrogen) atoms. The second kappa shape index (κ2) is 8.88. The number of rotatable bonds is 4. The number of ether oxygens (including phenoxy) is 1. The van der Waals surface area contributed by atoms with Crippen LogP contribution in [0.1, 0.15) is 30.3 Å². The lowest BCUT2D eigenvalue weighted by molar-refractivity contribution is -0.137. The first-order valence-electron chi connectivity index (χ1n) is 10.9. The number of amides is 1. The Morgan fingerprint density at radius 2 is 2.03 bits per heavy atom. The highest BCUT2D eigenvalue weighted by Crippen LogP contribution is 2.46. The summed E-state index contributed by atoms with van der Waals surface area (Å²) in [4.78, 5) is 19.6. The summed E-state index contributed by atoms with van der Waals surface area (Å²) in [5.41, 5.74) is 0.133. The van der Waals surface area contributed by atoms with Crippen molar-refractivity contribution in [1.82, 2.24) is 14.5 Å². The normalized spacial score (nSPS) is 25.6. The SMILES string of the molecule is COC1CCN(C(=O)C2=CC=C(Cl)C(C)(Cc3nc4c(C)cc(C(F)(F)F)cc4n3C)C2Cl)C1. The van der Waals surface area contributed by atoms with Crippen LogP contribution in [-0.2, 0) is 29.2 Å². The Labute approximate surface area is 206 Å². The van der Waals surface area contributed by atoms with Crippen molar-refractivity contribution < 1.29 is 22.7 Å². The van der Waals surface area contributed by atoms with Crippen LogP contribution in [-0.4, -0.2) is 52.0 Å². The number of carbonyl (C=O) groups is 1. The van der Waals surface area contributed by atoms with Gasteiger partial charge in [-0.2, -0.15) is 13.2 Å². The third kappa shape index (κ3) is 4.25. The topological polar surface area (TPSA) is 47.4 Å². The lowest BCUT2D eigenvalue weighted by Crippen LogP contribution is -2.41.